The number of fused-ring (bicyclic) bond motifs is 1. The van der Waals surface area contributed by atoms with Crippen LogP contribution < -0.4 is 10.5 Å². The highest BCUT2D eigenvalue weighted by Crippen LogP contribution is 2.48. The molecule has 1 fully saturated rings. The number of carbonyl (C=O) groups excluding carboxylic acids is 1. The summed E-state index contributed by atoms with van der Waals surface area (Å²) in [5, 5.41) is 8.84. The molecule has 0 saturated heterocycles. The first kappa shape index (κ1) is 21.8. The van der Waals surface area contributed by atoms with Gasteiger partial charge in [0, 0.05) is 30.2 Å². The summed E-state index contributed by atoms with van der Waals surface area (Å²) in [5.74, 6) is -0.464. The Hall–Kier alpha value is -2.45. The number of aromatic nitrogens is 1. The first-order valence-corrected chi connectivity index (χ1v) is 11.4. The van der Waals surface area contributed by atoms with Gasteiger partial charge in [-0.3, -0.25) is 9.93 Å². The molecule has 0 bridgehead atoms. The van der Waals surface area contributed by atoms with Crippen LogP contribution in [-0.4, -0.2) is 23.2 Å². The molecule has 3 aromatic rings. The van der Waals surface area contributed by atoms with Crippen molar-refractivity contribution in [3.63, 3.8) is 0 Å². The van der Waals surface area contributed by atoms with Crippen LogP contribution in [0.4, 0.5) is 13.2 Å². The summed E-state index contributed by atoms with van der Waals surface area (Å²) in [6.07, 6.45) is 2.81. The zero-order valence-corrected chi connectivity index (χ0v) is 17.7. The molecule has 1 amide bonds. The van der Waals surface area contributed by atoms with Gasteiger partial charge in [0.2, 0.25) is 5.91 Å². The lowest BCUT2D eigenvalue weighted by atomic mass is 9.70. The van der Waals surface area contributed by atoms with Crippen molar-refractivity contribution >= 4 is 28.8 Å². The lowest BCUT2D eigenvalue weighted by Crippen LogP contribution is -2.35. The molecule has 0 unspecified atom stereocenters. The molecule has 0 aliphatic heterocycles. The van der Waals surface area contributed by atoms with Gasteiger partial charge >= 0.3 is 0 Å². The van der Waals surface area contributed by atoms with Crippen LogP contribution >= 0.6 is 11.9 Å². The van der Waals surface area contributed by atoms with Gasteiger partial charge in [0.1, 0.15) is 17.5 Å². The molecule has 4 nitrogen and oxygen atoms in total. The van der Waals surface area contributed by atoms with E-state index in [1.807, 2.05) is 0 Å². The van der Waals surface area contributed by atoms with Crippen LogP contribution in [0.25, 0.3) is 22.2 Å². The van der Waals surface area contributed by atoms with E-state index in [1.54, 1.807) is 12.1 Å². The molecule has 0 atom stereocenters. The Balaban J connectivity index is 1.53. The molecule has 164 valence electrons. The van der Waals surface area contributed by atoms with E-state index in [4.69, 9.17) is 5.14 Å². The maximum absolute atomic E-state index is 14.4. The average molecular weight is 448 g/mol. The van der Waals surface area contributed by atoms with E-state index in [2.05, 4.69) is 10.3 Å². The molecule has 1 aliphatic rings. The molecule has 1 heterocycles. The van der Waals surface area contributed by atoms with Gasteiger partial charge in [0.25, 0.3) is 0 Å². The van der Waals surface area contributed by atoms with Crippen molar-refractivity contribution in [1.29, 1.82) is 0 Å². The molecule has 4 rings (SSSR count). The second kappa shape index (κ2) is 9.36. The largest absolute Gasteiger partial charge is 0.356 e. The standard InChI is InChI=1S/C23H24F3N3OS/c24-16-5-3-14(4-6-16)22-21(18-10-17(25)11-19(26)23(18)29-22)15-8-13(9-15)12-28-20(30)2-1-7-31-27/h3-6,10-11,13,15,29H,1-2,7-9,12,27H2,(H,28,30). The summed E-state index contributed by atoms with van der Waals surface area (Å²) in [5.41, 5.74) is 2.51. The lowest BCUT2D eigenvalue weighted by molar-refractivity contribution is -0.121. The number of hydrogen-bond donors (Lipinski definition) is 3. The van der Waals surface area contributed by atoms with Crippen LogP contribution in [0, 0.1) is 23.4 Å². The molecule has 2 aromatic carbocycles. The average Bonchev–Trinajstić information content (AvgIpc) is 3.07. The van der Waals surface area contributed by atoms with Gasteiger partial charge < -0.3 is 10.3 Å². The number of halogens is 3. The van der Waals surface area contributed by atoms with Crippen molar-refractivity contribution < 1.29 is 18.0 Å². The minimum Gasteiger partial charge on any atom is -0.356 e. The third kappa shape index (κ3) is 4.75. The Kier molecular flexibility index (Phi) is 6.57. The van der Waals surface area contributed by atoms with E-state index >= 15 is 0 Å². The predicted molar refractivity (Wildman–Crippen MR) is 118 cm³/mol. The second-order valence-electron chi connectivity index (χ2n) is 8.04. The third-order valence-electron chi connectivity index (χ3n) is 5.90. The Labute approximate surface area is 182 Å². The van der Waals surface area contributed by atoms with Gasteiger partial charge in [-0.05, 0) is 72.6 Å². The monoisotopic (exact) mass is 447 g/mol. The summed E-state index contributed by atoms with van der Waals surface area (Å²) >= 11 is 1.23. The number of benzene rings is 2. The summed E-state index contributed by atoms with van der Waals surface area (Å²) in [6, 6.07) is 8.18. The molecule has 4 N–H and O–H groups in total. The van der Waals surface area contributed by atoms with E-state index in [1.165, 1.54) is 30.1 Å². The number of aromatic amines is 1. The minimum absolute atomic E-state index is 0.0146. The normalized spacial score (nSPS) is 18.2. The second-order valence-corrected chi connectivity index (χ2v) is 8.79. The zero-order valence-electron chi connectivity index (χ0n) is 16.9. The molecule has 1 aromatic heterocycles. The molecule has 0 radical (unpaired) electrons. The fourth-order valence-corrected chi connectivity index (χ4v) is 4.62. The quantitative estimate of drug-likeness (QED) is 0.326. The van der Waals surface area contributed by atoms with Gasteiger partial charge in [0.05, 0.1) is 11.2 Å². The number of hydrogen-bond acceptors (Lipinski definition) is 3. The van der Waals surface area contributed by atoms with Gasteiger partial charge in [-0.1, -0.05) is 11.9 Å². The lowest BCUT2D eigenvalue weighted by Gasteiger charge is -2.36. The molecular weight excluding hydrogens is 423 g/mol. The van der Waals surface area contributed by atoms with Crippen LogP contribution in [0.2, 0.25) is 0 Å². The van der Waals surface area contributed by atoms with E-state index in [0.717, 1.165) is 42.2 Å². The topological polar surface area (TPSA) is 70.9 Å². The van der Waals surface area contributed by atoms with Crippen molar-refractivity contribution in [3.05, 3.63) is 59.4 Å². The van der Waals surface area contributed by atoms with Crippen LogP contribution in [0.3, 0.4) is 0 Å². The van der Waals surface area contributed by atoms with Crippen molar-refractivity contribution in [1.82, 2.24) is 10.3 Å². The van der Waals surface area contributed by atoms with Gasteiger partial charge in [-0.25, -0.2) is 13.2 Å². The first-order chi connectivity index (χ1) is 15.0. The smallest absolute Gasteiger partial charge is 0.220 e. The summed E-state index contributed by atoms with van der Waals surface area (Å²) < 4.78 is 41.8. The SMILES string of the molecule is NSCCCC(=O)NCC1CC(c2c(-c3ccc(F)cc3)[nH]c3c(F)cc(F)cc23)C1. The molecule has 31 heavy (non-hydrogen) atoms. The fraction of sp³-hybridized carbons (Fsp3) is 0.348. The van der Waals surface area contributed by atoms with Crippen LogP contribution in [0.5, 0.6) is 0 Å². The van der Waals surface area contributed by atoms with Crippen molar-refractivity contribution in [2.24, 2.45) is 11.1 Å². The number of carbonyl (C=O) groups is 1. The number of H-pyrrole nitrogens is 1. The summed E-state index contributed by atoms with van der Waals surface area (Å²) in [4.78, 5) is 15.0. The number of nitrogens with two attached hydrogens (primary N) is 1. The van der Waals surface area contributed by atoms with Crippen LogP contribution in [-0.2, 0) is 4.79 Å². The maximum atomic E-state index is 14.4. The Bertz CT molecular complexity index is 1080. The molecule has 1 aliphatic carbocycles. The van der Waals surface area contributed by atoms with Gasteiger partial charge in [-0.2, -0.15) is 0 Å². The molecule has 8 heteroatoms. The highest BCUT2D eigenvalue weighted by atomic mass is 32.2. The van der Waals surface area contributed by atoms with Crippen molar-refractivity contribution in [2.75, 3.05) is 12.3 Å². The molecule has 0 spiro atoms. The zero-order chi connectivity index (χ0) is 22.0. The predicted octanol–water partition coefficient (Wildman–Crippen LogP) is 5.25. The Morgan fingerprint density at radius 3 is 2.58 bits per heavy atom. The van der Waals surface area contributed by atoms with Crippen LogP contribution in [0.15, 0.2) is 36.4 Å². The fourth-order valence-electron chi connectivity index (χ4n) is 4.31. The molecular formula is C23H24F3N3OS. The Morgan fingerprint density at radius 1 is 1.13 bits per heavy atom. The summed E-state index contributed by atoms with van der Waals surface area (Å²) in [7, 11) is 0. The maximum Gasteiger partial charge on any atom is 0.220 e. The van der Waals surface area contributed by atoms with E-state index in [9.17, 15) is 18.0 Å². The Morgan fingerprint density at radius 2 is 1.87 bits per heavy atom. The van der Waals surface area contributed by atoms with E-state index in [-0.39, 0.29) is 23.2 Å². The van der Waals surface area contributed by atoms with E-state index < -0.39 is 11.6 Å². The van der Waals surface area contributed by atoms with Crippen LogP contribution in [0.1, 0.15) is 37.2 Å². The molecule has 1 saturated carbocycles. The van der Waals surface area contributed by atoms with Gasteiger partial charge in [0.15, 0.2) is 0 Å². The van der Waals surface area contributed by atoms with Crippen molar-refractivity contribution in [2.45, 2.75) is 31.6 Å². The van der Waals surface area contributed by atoms with E-state index in [0.29, 0.717) is 30.0 Å². The highest BCUT2D eigenvalue weighted by molar-refractivity contribution is 7.97. The van der Waals surface area contributed by atoms with Gasteiger partial charge in [-0.15, -0.1) is 0 Å². The third-order valence-corrected chi connectivity index (χ3v) is 6.42. The highest BCUT2D eigenvalue weighted by Gasteiger charge is 2.34. The number of amides is 1. The first-order valence-electron chi connectivity index (χ1n) is 10.3. The number of nitrogens with one attached hydrogen (secondary N) is 2. The number of rotatable bonds is 8. The summed E-state index contributed by atoms with van der Waals surface area (Å²) in [6.45, 7) is 0.585. The van der Waals surface area contributed by atoms with Crippen molar-refractivity contribution in [3.8, 4) is 11.3 Å². The minimum atomic E-state index is -0.650.